The van der Waals surface area contributed by atoms with Crippen molar-refractivity contribution in [2.75, 3.05) is 12.9 Å². The first-order valence-electron chi connectivity index (χ1n) is 4.89. The second-order valence-electron chi connectivity index (χ2n) is 3.46. The van der Waals surface area contributed by atoms with Crippen molar-refractivity contribution in [3.05, 3.63) is 29.3 Å². The lowest BCUT2D eigenvalue weighted by Gasteiger charge is -2.17. The maximum atomic E-state index is 11.3. The van der Waals surface area contributed by atoms with Gasteiger partial charge in [0.2, 0.25) is 0 Å². The molecule has 2 unspecified atom stereocenters. The predicted molar refractivity (Wildman–Crippen MR) is 64.3 cm³/mol. The number of hydrogen-bond acceptors (Lipinski definition) is 6. The van der Waals surface area contributed by atoms with Crippen molar-refractivity contribution in [2.24, 2.45) is 0 Å². The van der Waals surface area contributed by atoms with Gasteiger partial charge in [-0.1, -0.05) is 0 Å². The maximum absolute atomic E-state index is 11.3. The number of phenolic OH excluding ortho intramolecular Hbond substituents is 1. The molecule has 0 heterocycles. The van der Waals surface area contributed by atoms with Gasteiger partial charge in [-0.05, 0) is 18.2 Å². The van der Waals surface area contributed by atoms with Gasteiger partial charge in [0.25, 0.3) is 0 Å². The first-order chi connectivity index (χ1) is 8.01. The Bertz CT molecular complexity index is 407. The highest BCUT2D eigenvalue weighted by Gasteiger charge is 2.21. The van der Waals surface area contributed by atoms with E-state index < -0.39 is 18.2 Å². The van der Waals surface area contributed by atoms with Crippen LogP contribution in [-0.4, -0.2) is 40.3 Å². The predicted octanol–water partition coefficient (Wildman–Crippen LogP) is 0.503. The van der Waals surface area contributed by atoms with Gasteiger partial charge in [0.15, 0.2) is 0 Å². The van der Waals surface area contributed by atoms with Crippen LogP contribution in [0.5, 0.6) is 5.75 Å². The summed E-state index contributed by atoms with van der Waals surface area (Å²) in [7, 11) is 1.23. The van der Waals surface area contributed by atoms with Gasteiger partial charge >= 0.3 is 5.97 Å². The number of carbonyl (C=O) groups excluding carboxylic acids is 1. The van der Waals surface area contributed by atoms with Crippen molar-refractivity contribution in [1.82, 2.24) is 0 Å². The Morgan fingerprint density at radius 2 is 2.12 bits per heavy atom. The molecular weight excluding hydrogens is 244 g/mol. The van der Waals surface area contributed by atoms with Crippen molar-refractivity contribution < 1.29 is 24.9 Å². The Kier molecular flexibility index (Phi) is 4.80. The minimum absolute atomic E-state index is 0.0308. The topological polar surface area (TPSA) is 87.0 Å². The zero-order chi connectivity index (χ0) is 13.0. The fourth-order valence-electron chi connectivity index (χ4n) is 1.34. The van der Waals surface area contributed by atoms with E-state index in [0.717, 1.165) is 0 Å². The summed E-state index contributed by atoms with van der Waals surface area (Å²) >= 11 is 3.84. The minimum Gasteiger partial charge on any atom is -0.508 e. The molecule has 94 valence electrons. The Hall–Kier alpha value is -1.24. The number of thiol groups is 1. The number of phenols is 1. The van der Waals surface area contributed by atoms with E-state index in [0.29, 0.717) is 0 Å². The second-order valence-corrected chi connectivity index (χ2v) is 3.83. The van der Waals surface area contributed by atoms with Crippen LogP contribution in [0.3, 0.4) is 0 Å². The number of benzene rings is 1. The van der Waals surface area contributed by atoms with E-state index in [1.165, 1.54) is 25.3 Å². The molecule has 0 amide bonds. The van der Waals surface area contributed by atoms with Crippen LogP contribution in [0.15, 0.2) is 18.2 Å². The molecular formula is C11H14O5S. The molecule has 0 fully saturated rings. The standard InChI is InChI=1S/C11H14O5S/c1-16-11(15)6-2-3-8(12)7(4-6)10(14)9(13)5-17/h2-4,9-10,12-14,17H,5H2,1H3. The van der Waals surface area contributed by atoms with Crippen LogP contribution in [0.25, 0.3) is 0 Å². The average molecular weight is 258 g/mol. The van der Waals surface area contributed by atoms with Crippen LogP contribution in [0.1, 0.15) is 22.0 Å². The zero-order valence-electron chi connectivity index (χ0n) is 9.20. The first-order valence-corrected chi connectivity index (χ1v) is 5.52. The van der Waals surface area contributed by atoms with E-state index in [4.69, 9.17) is 0 Å². The van der Waals surface area contributed by atoms with E-state index in [2.05, 4.69) is 17.4 Å². The fraction of sp³-hybridized carbons (Fsp3) is 0.364. The van der Waals surface area contributed by atoms with Gasteiger partial charge in [0.05, 0.1) is 18.8 Å². The van der Waals surface area contributed by atoms with E-state index in [9.17, 15) is 20.1 Å². The summed E-state index contributed by atoms with van der Waals surface area (Å²) < 4.78 is 4.52. The first kappa shape index (κ1) is 13.8. The van der Waals surface area contributed by atoms with Crippen LogP contribution in [0.4, 0.5) is 0 Å². The highest BCUT2D eigenvalue weighted by molar-refractivity contribution is 7.80. The zero-order valence-corrected chi connectivity index (χ0v) is 10.1. The van der Waals surface area contributed by atoms with Gasteiger partial charge in [0.1, 0.15) is 11.9 Å². The number of ether oxygens (including phenoxy) is 1. The number of aliphatic hydroxyl groups is 2. The second kappa shape index (κ2) is 5.90. The average Bonchev–Trinajstić information content (AvgIpc) is 2.36. The summed E-state index contributed by atoms with van der Waals surface area (Å²) in [5.41, 5.74) is 0.250. The van der Waals surface area contributed by atoms with Gasteiger partial charge < -0.3 is 20.1 Å². The number of aliphatic hydroxyl groups excluding tert-OH is 2. The third-order valence-electron chi connectivity index (χ3n) is 2.32. The molecule has 3 N–H and O–H groups in total. The van der Waals surface area contributed by atoms with E-state index >= 15 is 0 Å². The number of aromatic hydroxyl groups is 1. The molecule has 0 saturated carbocycles. The quantitative estimate of drug-likeness (QED) is 0.467. The molecule has 0 radical (unpaired) electrons. The Balaban J connectivity index is 3.10. The number of hydrogen-bond donors (Lipinski definition) is 4. The molecule has 0 aliphatic rings. The van der Waals surface area contributed by atoms with E-state index in [1.54, 1.807) is 0 Å². The van der Waals surface area contributed by atoms with Crippen LogP contribution in [-0.2, 0) is 4.74 Å². The van der Waals surface area contributed by atoms with Crippen LogP contribution < -0.4 is 0 Å². The molecule has 0 aliphatic heterocycles. The summed E-state index contributed by atoms with van der Waals surface area (Å²) in [5, 5.41) is 28.7. The molecule has 6 heteroatoms. The Morgan fingerprint density at radius 3 is 2.65 bits per heavy atom. The highest BCUT2D eigenvalue weighted by Crippen LogP contribution is 2.28. The monoisotopic (exact) mass is 258 g/mol. The smallest absolute Gasteiger partial charge is 0.337 e. The lowest BCUT2D eigenvalue weighted by molar-refractivity contribution is 0.0321. The molecule has 0 spiro atoms. The Morgan fingerprint density at radius 1 is 1.47 bits per heavy atom. The lowest BCUT2D eigenvalue weighted by Crippen LogP contribution is -2.20. The van der Waals surface area contributed by atoms with Crippen LogP contribution in [0, 0.1) is 0 Å². The van der Waals surface area contributed by atoms with Crippen molar-refractivity contribution in [2.45, 2.75) is 12.2 Å². The van der Waals surface area contributed by atoms with Crippen molar-refractivity contribution in [1.29, 1.82) is 0 Å². The van der Waals surface area contributed by atoms with E-state index in [1.807, 2.05) is 0 Å². The third kappa shape index (κ3) is 3.12. The van der Waals surface area contributed by atoms with Crippen LogP contribution >= 0.6 is 12.6 Å². The molecule has 0 aromatic heterocycles. The summed E-state index contributed by atoms with van der Waals surface area (Å²) in [6, 6.07) is 3.90. The summed E-state index contributed by atoms with van der Waals surface area (Å²) in [6.07, 6.45) is -2.44. The Labute approximate surface area is 104 Å². The van der Waals surface area contributed by atoms with Gasteiger partial charge in [-0.15, -0.1) is 0 Å². The highest BCUT2D eigenvalue weighted by atomic mass is 32.1. The normalized spacial score (nSPS) is 14.1. The third-order valence-corrected chi connectivity index (χ3v) is 2.69. The largest absolute Gasteiger partial charge is 0.508 e. The van der Waals surface area contributed by atoms with Gasteiger partial charge in [-0.3, -0.25) is 0 Å². The number of methoxy groups -OCH3 is 1. The summed E-state index contributed by atoms with van der Waals surface area (Å²) in [6.45, 7) is 0. The molecule has 0 aliphatic carbocycles. The number of carbonyl (C=O) groups is 1. The van der Waals surface area contributed by atoms with Crippen LogP contribution in [0.2, 0.25) is 0 Å². The molecule has 1 rings (SSSR count). The van der Waals surface area contributed by atoms with Crippen molar-refractivity contribution in [3.63, 3.8) is 0 Å². The van der Waals surface area contributed by atoms with E-state index in [-0.39, 0.29) is 22.6 Å². The number of rotatable bonds is 4. The minimum atomic E-state index is -1.31. The molecule has 2 atom stereocenters. The van der Waals surface area contributed by atoms with Gasteiger partial charge in [-0.2, -0.15) is 12.6 Å². The fourth-order valence-corrected chi connectivity index (χ4v) is 1.54. The number of esters is 1. The molecule has 0 bridgehead atoms. The lowest BCUT2D eigenvalue weighted by atomic mass is 10.0. The van der Waals surface area contributed by atoms with Gasteiger partial charge in [-0.25, -0.2) is 4.79 Å². The molecule has 1 aromatic carbocycles. The molecule has 1 aromatic rings. The molecule has 5 nitrogen and oxygen atoms in total. The van der Waals surface area contributed by atoms with Crippen molar-refractivity contribution >= 4 is 18.6 Å². The van der Waals surface area contributed by atoms with Gasteiger partial charge in [0, 0.05) is 11.3 Å². The van der Waals surface area contributed by atoms with Crippen molar-refractivity contribution in [3.8, 4) is 5.75 Å². The molecule has 17 heavy (non-hydrogen) atoms. The SMILES string of the molecule is COC(=O)c1ccc(O)c(C(O)C(O)CS)c1. The summed E-state index contributed by atoms with van der Waals surface area (Å²) in [5.74, 6) is -0.756. The molecule has 0 saturated heterocycles. The summed E-state index contributed by atoms with van der Waals surface area (Å²) in [4.78, 5) is 11.3. The maximum Gasteiger partial charge on any atom is 0.337 e.